The first-order valence-corrected chi connectivity index (χ1v) is 8.88. The number of H-pyrrole nitrogens is 1. The van der Waals surface area contributed by atoms with E-state index in [1.165, 1.54) is 19.2 Å². The average molecular weight is 409 g/mol. The van der Waals surface area contributed by atoms with Crippen molar-refractivity contribution in [3.05, 3.63) is 51.7 Å². The quantitative estimate of drug-likeness (QED) is 0.693. The van der Waals surface area contributed by atoms with Gasteiger partial charge in [-0.2, -0.15) is 5.21 Å². The number of aromatic nitrogens is 4. The third kappa shape index (κ3) is 3.39. The number of nitrogens with zero attached hydrogens (tertiary/aromatic N) is 4. The zero-order chi connectivity index (χ0) is 17.2. The summed E-state index contributed by atoms with van der Waals surface area (Å²) in [5.74, 6) is 0.893. The molecule has 0 unspecified atom stereocenters. The van der Waals surface area contributed by atoms with Crippen molar-refractivity contribution < 1.29 is 13.2 Å². The predicted octanol–water partition coefficient (Wildman–Crippen LogP) is 3.03. The van der Waals surface area contributed by atoms with Gasteiger partial charge in [0, 0.05) is 5.56 Å². The van der Waals surface area contributed by atoms with Crippen molar-refractivity contribution in [1.29, 1.82) is 0 Å². The van der Waals surface area contributed by atoms with Crippen LogP contribution in [0.25, 0.3) is 16.1 Å². The van der Waals surface area contributed by atoms with E-state index in [2.05, 4.69) is 41.3 Å². The molecule has 0 spiro atoms. The van der Waals surface area contributed by atoms with E-state index >= 15 is 0 Å². The standard InChI is InChI=1S/C14H11BrN5O3S/c1-23-13-6-5-11(8-12(13)15)24(21,22)18-10-4-2-3-9(7-10)14-16-19-20-17-14/h2-8H,1H3,(H,16,17,19,20)/q-1. The van der Waals surface area contributed by atoms with Gasteiger partial charge in [0.2, 0.25) is 5.82 Å². The fourth-order valence-electron chi connectivity index (χ4n) is 1.98. The summed E-state index contributed by atoms with van der Waals surface area (Å²) in [6.07, 6.45) is 0. The summed E-state index contributed by atoms with van der Waals surface area (Å²) in [5.41, 5.74) is 0.875. The Hall–Kier alpha value is -2.46. The van der Waals surface area contributed by atoms with E-state index in [0.29, 0.717) is 21.6 Å². The van der Waals surface area contributed by atoms with Crippen LogP contribution >= 0.6 is 15.9 Å². The number of hydrogen-bond donors (Lipinski definition) is 1. The summed E-state index contributed by atoms with van der Waals surface area (Å²) in [6, 6.07) is 11.0. The summed E-state index contributed by atoms with van der Waals surface area (Å²) < 4.78 is 34.4. The first-order chi connectivity index (χ1) is 11.5. The number of rotatable bonds is 5. The predicted molar refractivity (Wildman–Crippen MR) is 90.5 cm³/mol. The van der Waals surface area contributed by atoms with Crippen molar-refractivity contribution in [3.8, 4) is 17.1 Å². The fraction of sp³-hybridized carbons (Fsp3) is 0.0714. The summed E-state index contributed by atoms with van der Waals surface area (Å²) in [6.45, 7) is 0. The SMILES string of the molecule is COc1ccc(S(=O)(=O)[N-]c2cccc(-c3nn[nH]n3)c2)cc1Br. The Morgan fingerprint density at radius 2 is 2.04 bits per heavy atom. The molecular weight excluding hydrogens is 398 g/mol. The molecule has 0 radical (unpaired) electrons. The zero-order valence-corrected chi connectivity index (χ0v) is 14.7. The molecule has 0 saturated heterocycles. The van der Waals surface area contributed by atoms with Crippen LogP contribution in [-0.4, -0.2) is 36.2 Å². The molecule has 0 fully saturated rings. The van der Waals surface area contributed by atoms with Crippen LogP contribution in [0.3, 0.4) is 0 Å². The van der Waals surface area contributed by atoms with Crippen molar-refractivity contribution in [1.82, 2.24) is 20.6 Å². The molecular formula is C14H11BrN5O3S-. The van der Waals surface area contributed by atoms with Gasteiger partial charge >= 0.3 is 0 Å². The second kappa shape index (κ2) is 6.57. The van der Waals surface area contributed by atoms with Gasteiger partial charge in [-0.15, -0.1) is 15.9 Å². The molecule has 124 valence electrons. The number of nitrogens with one attached hydrogen (secondary N) is 1. The Bertz CT molecular complexity index is 960. The molecule has 1 N–H and O–H groups in total. The van der Waals surface area contributed by atoms with Crippen LogP contribution in [0, 0.1) is 0 Å². The number of methoxy groups -OCH3 is 1. The zero-order valence-electron chi connectivity index (χ0n) is 12.3. The van der Waals surface area contributed by atoms with E-state index in [9.17, 15) is 8.42 Å². The van der Waals surface area contributed by atoms with Crippen molar-refractivity contribution in [2.45, 2.75) is 4.90 Å². The Kier molecular flexibility index (Phi) is 4.49. The van der Waals surface area contributed by atoms with E-state index in [4.69, 9.17) is 4.74 Å². The Morgan fingerprint density at radius 3 is 2.71 bits per heavy atom. The summed E-state index contributed by atoms with van der Waals surface area (Å²) in [5, 5.41) is 13.5. The minimum absolute atomic E-state index is 0.0557. The molecule has 1 heterocycles. The first kappa shape index (κ1) is 16.4. The van der Waals surface area contributed by atoms with Gasteiger partial charge in [0.1, 0.15) is 15.8 Å². The van der Waals surface area contributed by atoms with Gasteiger partial charge in [0.25, 0.3) is 0 Å². The van der Waals surface area contributed by atoms with Crippen LogP contribution in [-0.2, 0) is 10.0 Å². The third-order valence-corrected chi connectivity index (χ3v) is 5.02. The smallest absolute Gasteiger partial charge is 0.204 e. The number of sulfonamides is 1. The van der Waals surface area contributed by atoms with Crippen LogP contribution in [0.1, 0.15) is 0 Å². The van der Waals surface area contributed by atoms with Crippen LogP contribution in [0.4, 0.5) is 5.69 Å². The van der Waals surface area contributed by atoms with Gasteiger partial charge in [-0.25, -0.2) is 8.42 Å². The van der Waals surface area contributed by atoms with E-state index in [1.807, 2.05) is 0 Å². The van der Waals surface area contributed by atoms with Crippen LogP contribution < -0.4 is 4.74 Å². The number of tetrazole rings is 1. The molecule has 0 amide bonds. The molecule has 8 nitrogen and oxygen atoms in total. The highest BCUT2D eigenvalue weighted by atomic mass is 79.9. The van der Waals surface area contributed by atoms with Gasteiger partial charge in [0.05, 0.1) is 16.5 Å². The highest BCUT2D eigenvalue weighted by molar-refractivity contribution is 9.10. The summed E-state index contributed by atoms with van der Waals surface area (Å²) >= 11 is 3.26. The van der Waals surface area contributed by atoms with Crippen molar-refractivity contribution in [3.63, 3.8) is 0 Å². The molecule has 3 aromatic rings. The largest absolute Gasteiger partial charge is 0.573 e. The van der Waals surface area contributed by atoms with Crippen molar-refractivity contribution in [2.24, 2.45) is 0 Å². The number of halogens is 1. The Balaban J connectivity index is 1.90. The van der Waals surface area contributed by atoms with Gasteiger partial charge in [0.15, 0.2) is 0 Å². The maximum Gasteiger partial charge on any atom is 0.204 e. The number of hydrogen-bond acceptors (Lipinski definition) is 6. The highest BCUT2D eigenvalue weighted by Crippen LogP contribution is 2.33. The second-order valence-electron chi connectivity index (χ2n) is 4.65. The fourth-order valence-corrected chi connectivity index (χ4v) is 3.68. The lowest BCUT2D eigenvalue weighted by atomic mass is 10.2. The third-order valence-electron chi connectivity index (χ3n) is 3.10. The molecule has 1 aromatic heterocycles. The van der Waals surface area contributed by atoms with Crippen molar-refractivity contribution in [2.75, 3.05) is 7.11 Å². The van der Waals surface area contributed by atoms with E-state index < -0.39 is 10.0 Å². The Labute approximate surface area is 146 Å². The molecule has 3 rings (SSSR count). The van der Waals surface area contributed by atoms with E-state index in [0.717, 1.165) is 0 Å². The molecule has 10 heteroatoms. The molecule has 0 aliphatic heterocycles. The van der Waals surface area contributed by atoms with Crippen LogP contribution in [0.2, 0.25) is 0 Å². The van der Waals surface area contributed by atoms with Crippen molar-refractivity contribution >= 4 is 31.6 Å². The van der Waals surface area contributed by atoms with Gasteiger partial charge < -0.3 is 9.46 Å². The number of ether oxygens (including phenoxy) is 1. The molecule has 0 aliphatic carbocycles. The minimum atomic E-state index is -3.87. The van der Waals surface area contributed by atoms with E-state index in [1.54, 1.807) is 30.3 Å². The number of aromatic amines is 1. The molecule has 0 atom stereocenters. The average Bonchev–Trinajstić information content (AvgIpc) is 3.09. The monoisotopic (exact) mass is 408 g/mol. The van der Waals surface area contributed by atoms with Gasteiger partial charge in [-0.05, 0) is 39.3 Å². The molecule has 0 aliphatic rings. The highest BCUT2D eigenvalue weighted by Gasteiger charge is 2.09. The molecule has 24 heavy (non-hydrogen) atoms. The van der Waals surface area contributed by atoms with E-state index in [-0.39, 0.29) is 10.6 Å². The Morgan fingerprint density at radius 1 is 1.21 bits per heavy atom. The molecule has 0 bridgehead atoms. The molecule has 2 aromatic carbocycles. The maximum atomic E-state index is 12.5. The lowest BCUT2D eigenvalue weighted by Gasteiger charge is -2.22. The van der Waals surface area contributed by atoms with Gasteiger partial charge in [-0.1, -0.05) is 24.3 Å². The topological polar surface area (TPSA) is 112 Å². The summed E-state index contributed by atoms with van der Waals surface area (Å²) in [7, 11) is -2.37. The van der Waals surface area contributed by atoms with Crippen LogP contribution in [0.15, 0.2) is 51.8 Å². The maximum absolute atomic E-state index is 12.5. The van der Waals surface area contributed by atoms with Gasteiger partial charge in [-0.3, -0.25) is 0 Å². The number of benzene rings is 2. The normalized spacial score (nSPS) is 11.2. The second-order valence-corrected chi connectivity index (χ2v) is 7.11. The summed E-state index contributed by atoms with van der Waals surface area (Å²) in [4.78, 5) is 0.0557. The lowest BCUT2D eigenvalue weighted by Crippen LogP contribution is -1.98. The minimum Gasteiger partial charge on any atom is -0.573 e. The molecule has 0 saturated carbocycles. The lowest BCUT2D eigenvalue weighted by molar-refractivity contribution is 0.411. The first-order valence-electron chi connectivity index (χ1n) is 6.65. The van der Waals surface area contributed by atoms with Crippen LogP contribution in [0.5, 0.6) is 5.75 Å².